The highest BCUT2D eigenvalue weighted by Crippen LogP contribution is 2.12. The maximum Gasteiger partial charge on any atom is 0.339 e. The maximum atomic E-state index is 12.0. The fraction of sp³-hybridized carbons (Fsp3) is 0.471. The van der Waals surface area contributed by atoms with E-state index >= 15 is 0 Å². The lowest BCUT2D eigenvalue weighted by Gasteiger charge is -2.14. The van der Waals surface area contributed by atoms with Gasteiger partial charge in [0.15, 0.2) is 6.10 Å². The molecule has 1 aromatic carbocycles. The van der Waals surface area contributed by atoms with Crippen LogP contribution in [0.4, 0.5) is 0 Å². The molecule has 0 aromatic heterocycles. The van der Waals surface area contributed by atoms with Crippen LogP contribution in [0.5, 0.6) is 0 Å². The van der Waals surface area contributed by atoms with Crippen molar-refractivity contribution in [2.75, 3.05) is 0 Å². The SMILES string of the molecule is CCC#CC(CC(C)C)OC(=O)c1ccc(C)cc1. The highest BCUT2D eigenvalue weighted by molar-refractivity contribution is 5.89. The van der Waals surface area contributed by atoms with Crippen LogP contribution in [0.1, 0.15) is 49.5 Å². The van der Waals surface area contributed by atoms with Crippen LogP contribution in [-0.4, -0.2) is 12.1 Å². The number of esters is 1. The largest absolute Gasteiger partial charge is 0.446 e. The van der Waals surface area contributed by atoms with E-state index in [0.717, 1.165) is 18.4 Å². The third-order valence-electron chi connectivity index (χ3n) is 2.66. The van der Waals surface area contributed by atoms with Gasteiger partial charge in [-0.1, -0.05) is 50.3 Å². The van der Waals surface area contributed by atoms with Crippen molar-refractivity contribution >= 4 is 5.97 Å². The summed E-state index contributed by atoms with van der Waals surface area (Å²) in [7, 11) is 0. The van der Waals surface area contributed by atoms with Gasteiger partial charge < -0.3 is 4.74 Å². The Labute approximate surface area is 116 Å². The number of benzene rings is 1. The zero-order valence-corrected chi connectivity index (χ0v) is 12.2. The fourth-order valence-electron chi connectivity index (χ4n) is 1.67. The minimum Gasteiger partial charge on any atom is -0.446 e. The van der Waals surface area contributed by atoms with Gasteiger partial charge in [0.2, 0.25) is 0 Å². The van der Waals surface area contributed by atoms with Crippen molar-refractivity contribution in [2.45, 2.75) is 46.6 Å². The lowest BCUT2D eigenvalue weighted by molar-refractivity contribution is 0.0377. The van der Waals surface area contributed by atoms with Crippen LogP contribution in [0.25, 0.3) is 0 Å². The summed E-state index contributed by atoms with van der Waals surface area (Å²) in [6.45, 7) is 8.17. The van der Waals surface area contributed by atoms with Crippen LogP contribution < -0.4 is 0 Å². The first-order valence-corrected chi connectivity index (χ1v) is 6.79. The van der Waals surface area contributed by atoms with Crippen molar-refractivity contribution < 1.29 is 9.53 Å². The summed E-state index contributed by atoms with van der Waals surface area (Å²) in [4.78, 5) is 12.0. The Morgan fingerprint density at radius 2 is 1.89 bits per heavy atom. The summed E-state index contributed by atoms with van der Waals surface area (Å²) in [5.41, 5.74) is 1.71. The molecular formula is C17H22O2. The molecule has 1 rings (SSSR count). The predicted octanol–water partition coefficient (Wildman–Crippen LogP) is 3.98. The van der Waals surface area contributed by atoms with E-state index in [9.17, 15) is 4.79 Å². The topological polar surface area (TPSA) is 26.3 Å². The molecular weight excluding hydrogens is 236 g/mol. The van der Waals surface area contributed by atoms with Crippen molar-refractivity contribution in [1.29, 1.82) is 0 Å². The Balaban J connectivity index is 2.72. The first kappa shape index (κ1) is 15.3. The second-order valence-electron chi connectivity index (χ2n) is 5.06. The molecule has 0 N–H and O–H groups in total. The first-order valence-electron chi connectivity index (χ1n) is 6.79. The van der Waals surface area contributed by atoms with Gasteiger partial charge >= 0.3 is 5.97 Å². The van der Waals surface area contributed by atoms with E-state index in [4.69, 9.17) is 4.74 Å². The summed E-state index contributed by atoms with van der Waals surface area (Å²) in [6.07, 6.45) is 1.23. The van der Waals surface area contributed by atoms with Gasteiger partial charge in [-0.15, -0.1) is 0 Å². The van der Waals surface area contributed by atoms with E-state index < -0.39 is 0 Å². The second kappa shape index (κ2) is 7.63. The van der Waals surface area contributed by atoms with E-state index in [1.165, 1.54) is 0 Å². The average molecular weight is 258 g/mol. The maximum absolute atomic E-state index is 12.0. The van der Waals surface area contributed by atoms with Crippen molar-refractivity contribution in [3.05, 3.63) is 35.4 Å². The normalized spacial score (nSPS) is 11.6. The third kappa shape index (κ3) is 5.61. The minimum atomic E-state index is -0.311. The van der Waals surface area contributed by atoms with Crippen molar-refractivity contribution in [2.24, 2.45) is 5.92 Å². The predicted molar refractivity (Wildman–Crippen MR) is 77.9 cm³/mol. The molecule has 1 aromatic rings. The fourth-order valence-corrected chi connectivity index (χ4v) is 1.67. The van der Waals surface area contributed by atoms with Gasteiger partial charge in [-0.25, -0.2) is 4.79 Å². The average Bonchev–Trinajstić information content (AvgIpc) is 2.36. The standard InChI is InChI=1S/C17H22O2/c1-5-6-7-16(12-13(2)3)19-17(18)15-10-8-14(4)9-11-15/h8-11,13,16H,5,12H2,1-4H3. The molecule has 0 saturated heterocycles. The van der Waals surface area contributed by atoms with Crippen LogP contribution in [0.3, 0.4) is 0 Å². The summed E-state index contributed by atoms with van der Waals surface area (Å²) < 4.78 is 5.48. The van der Waals surface area contributed by atoms with E-state index in [0.29, 0.717) is 11.5 Å². The number of ether oxygens (including phenoxy) is 1. The van der Waals surface area contributed by atoms with Crippen LogP contribution in [-0.2, 0) is 4.74 Å². The molecule has 0 fully saturated rings. The molecule has 1 unspecified atom stereocenters. The number of hydrogen-bond acceptors (Lipinski definition) is 2. The van der Waals surface area contributed by atoms with Gasteiger partial charge in [0.05, 0.1) is 5.56 Å². The molecule has 2 nitrogen and oxygen atoms in total. The second-order valence-corrected chi connectivity index (χ2v) is 5.06. The van der Waals surface area contributed by atoms with E-state index in [2.05, 4.69) is 25.7 Å². The molecule has 102 valence electrons. The van der Waals surface area contributed by atoms with Crippen molar-refractivity contribution in [1.82, 2.24) is 0 Å². The van der Waals surface area contributed by atoms with Gasteiger partial charge in [0.25, 0.3) is 0 Å². The Morgan fingerprint density at radius 1 is 1.26 bits per heavy atom. The molecule has 0 aliphatic heterocycles. The first-order chi connectivity index (χ1) is 9.02. The van der Waals surface area contributed by atoms with Gasteiger partial charge in [-0.05, 0) is 31.4 Å². The monoisotopic (exact) mass is 258 g/mol. The van der Waals surface area contributed by atoms with Gasteiger partial charge in [-0.2, -0.15) is 0 Å². The summed E-state index contributed by atoms with van der Waals surface area (Å²) in [6, 6.07) is 7.40. The molecule has 1 atom stereocenters. The van der Waals surface area contributed by atoms with Crippen LogP contribution >= 0.6 is 0 Å². The van der Waals surface area contributed by atoms with Crippen molar-refractivity contribution in [3.8, 4) is 11.8 Å². The molecule has 0 amide bonds. The molecule has 0 aliphatic carbocycles. The molecule has 0 heterocycles. The van der Waals surface area contributed by atoms with E-state index in [1.807, 2.05) is 26.0 Å². The van der Waals surface area contributed by atoms with E-state index in [-0.39, 0.29) is 12.1 Å². The zero-order valence-electron chi connectivity index (χ0n) is 12.2. The quantitative estimate of drug-likeness (QED) is 0.603. The molecule has 0 saturated carbocycles. The Hall–Kier alpha value is -1.75. The lowest BCUT2D eigenvalue weighted by Crippen LogP contribution is -2.18. The van der Waals surface area contributed by atoms with Gasteiger partial charge in [0.1, 0.15) is 0 Å². The molecule has 0 bridgehead atoms. The summed E-state index contributed by atoms with van der Waals surface area (Å²) >= 11 is 0. The highest BCUT2D eigenvalue weighted by atomic mass is 16.5. The molecule has 0 aliphatic rings. The Bertz CT molecular complexity index is 460. The molecule has 2 heteroatoms. The lowest BCUT2D eigenvalue weighted by atomic mass is 10.1. The van der Waals surface area contributed by atoms with Crippen molar-refractivity contribution in [3.63, 3.8) is 0 Å². The smallest absolute Gasteiger partial charge is 0.339 e. The van der Waals surface area contributed by atoms with Gasteiger partial charge in [0, 0.05) is 6.42 Å². The molecule has 19 heavy (non-hydrogen) atoms. The van der Waals surface area contributed by atoms with E-state index in [1.54, 1.807) is 12.1 Å². The van der Waals surface area contributed by atoms with Crippen LogP contribution in [0.15, 0.2) is 24.3 Å². The summed E-state index contributed by atoms with van der Waals surface area (Å²) in [5.74, 6) is 6.16. The van der Waals surface area contributed by atoms with Gasteiger partial charge in [-0.3, -0.25) is 0 Å². The van der Waals surface area contributed by atoms with Crippen LogP contribution in [0, 0.1) is 24.7 Å². The Kier molecular flexibility index (Phi) is 6.15. The highest BCUT2D eigenvalue weighted by Gasteiger charge is 2.15. The number of aryl methyl sites for hydroxylation is 1. The number of carbonyl (C=O) groups excluding carboxylic acids is 1. The zero-order chi connectivity index (χ0) is 14.3. The number of hydrogen-bond donors (Lipinski definition) is 0. The number of carbonyl (C=O) groups is 1. The minimum absolute atomic E-state index is 0.295. The molecule has 0 spiro atoms. The Morgan fingerprint density at radius 3 is 2.42 bits per heavy atom. The number of rotatable bonds is 4. The van der Waals surface area contributed by atoms with Crippen LogP contribution in [0.2, 0.25) is 0 Å². The third-order valence-corrected chi connectivity index (χ3v) is 2.66. The molecule has 0 radical (unpaired) electrons. The summed E-state index contributed by atoms with van der Waals surface area (Å²) in [5, 5.41) is 0.